The summed E-state index contributed by atoms with van der Waals surface area (Å²) in [6.07, 6.45) is 3.03. The van der Waals surface area contributed by atoms with Gasteiger partial charge in [0.05, 0.1) is 6.61 Å². The van der Waals surface area contributed by atoms with E-state index in [4.69, 9.17) is 10.5 Å². The molecule has 1 aromatic carbocycles. The SMILES string of the molecule is CC1CCN(C[C@H](N)COCC#Cc2cccc3c2CN(C2CCC(=O)NC2=O)C3=O)CC1. The first kappa shape index (κ1) is 23.4. The predicted octanol–water partition coefficient (Wildman–Crippen LogP) is 0.875. The minimum Gasteiger partial charge on any atom is -0.367 e. The quantitative estimate of drug-likeness (QED) is 0.377. The molecule has 0 spiro atoms. The van der Waals surface area contributed by atoms with Crippen LogP contribution in [-0.4, -0.2) is 72.5 Å². The van der Waals surface area contributed by atoms with E-state index in [1.54, 1.807) is 12.1 Å². The lowest BCUT2D eigenvalue weighted by atomic mass is 9.99. The summed E-state index contributed by atoms with van der Waals surface area (Å²) in [5.74, 6) is 6.03. The van der Waals surface area contributed by atoms with E-state index in [9.17, 15) is 14.4 Å². The van der Waals surface area contributed by atoms with E-state index in [2.05, 4.69) is 29.0 Å². The average Bonchev–Trinajstić information content (AvgIpc) is 3.12. The highest BCUT2D eigenvalue weighted by molar-refractivity contribution is 6.05. The van der Waals surface area contributed by atoms with E-state index in [0.717, 1.165) is 36.7 Å². The summed E-state index contributed by atoms with van der Waals surface area (Å²) in [5.41, 5.74) is 8.35. The van der Waals surface area contributed by atoms with Crippen molar-refractivity contribution in [2.45, 2.75) is 51.2 Å². The fourth-order valence-electron chi connectivity index (χ4n) is 4.72. The zero-order valence-corrected chi connectivity index (χ0v) is 19.1. The van der Waals surface area contributed by atoms with Crippen molar-refractivity contribution >= 4 is 17.7 Å². The number of nitrogens with one attached hydrogen (secondary N) is 1. The summed E-state index contributed by atoms with van der Waals surface area (Å²) in [4.78, 5) is 40.5. The van der Waals surface area contributed by atoms with Crippen LogP contribution in [0.1, 0.15) is 54.1 Å². The number of fused-ring (bicyclic) bond motifs is 1. The molecule has 0 radical (unpaired) electrons. The Morgan fingerprint density at radius 1 is 1.21 bits per heavy atom. The monoisotopic (exact) mass is 452 g/mol. The molecule has 3 amide bonds. The van der Waals surface area contributed by atoms with E-state index in [-0.39, 0.29) is 30.9 Å². The number of carbonyl (C=O) groups is 3. The molecule has 3 N–H and O–H groups in total. The average molecular weight is 453 g/mol. The van der Waals surface area contributed by atoms with Gasteiger partial charge in [-0.2, -0.15) is 0 Å². The summed E-state index contributed by atoms with van der Waals surface area (Å²) in [6.45, 7) is 6.36. The third-order valence-corrected chi connectivity index (χ3v) is 6.68. The van der Waals surface area contributed by atoms with Crippen molar-refractivity contribution in [3.8, 4) is 11.8 Å². The first-order chi connectivity index (χ1) is 15.9. The Kier molecular flexibility index (Phi) is 7.43. The van der Waals surface area contributed by atoms with Crippen LogP contribution in [0.2, 0.25) is 0 Å². The number of imide groups is 1. The summed E-state index contributed by atoms with van der Waals surface area (Å²) in [7, 11) is 0. The fourth-order valence-corrected chi connectivity index (χ4v) is 4.72. The standard InChI is InChI=1S/C25H32N4O4/c1-17-9-11-28(12-10-17)14-19(26)16-33-13-3-5-18-4-2-6-20-21(18)15-29(25(20)32)22-7-8-23(30)27-24(22)31/h2,4,6,17,19,22H,7-16,26H2,1H3,(H,27,30,31)/t19-,22?/m0/s1. The Balaban J connectivity index is 1.29. The largest absolute Gasteiger partial charge is 0.367 e. The third-order valence-electron chi connectivity index (χ3n) is 6.68. The van der Waals surface area contributed by atoms with Crippen molar-refractivity contribution < 1.29 is 19.1 Å². The number of nitrogens with two attached hydrogens (primary N) is 1. The highest BCUT2D eigenvalue weighted by atomic mass is 16.5. The molecule has 4 rings (SSSR count). The first-order valence-corrected chi connectivity index (χ1v) is 11.7. The van der Waals surface area contributed by atoms with Crippen LogP contribution in [0.15, 0.2) is 18.2 Å². The molecule has 2 atom stereocenters. The van der Waals surface area contributed by atoms with Crippen molar-refractivity contribution in [3.63, 3.8) is 0 Å². The molecule has 176 valence electrons. The zero-order chi connectivity index (χ0) is 23.4. The topological polar surface area (TPSA) is 105 Å². The van der Waals surface area contributed by atoms with Gasteiger partial charge in [-0.15, -0.1) is 0 Å². The summed E-state index contributed by atoms with van der Waals surface area (Å²) in [6, 6.07) is 4.75. The number of piperidine rings is 2. The summed E-state index contributed by atoms with van der Waals surface area (Å²) >= 11 is 0. The fraction of sp³-hybridized carbons (Fsp3) is 0.560. The van der Waals surface area contributed by atoms with Gasteiger partial charge in [-0.25, -0.2) is 0 Å². The minimum absolute atomic E-state index is 0.0409. The Morgan fingerprint density at radius 3 is 2.76 bits per heavy atom. The molecule has 2 saturated heterocycles. The molecular formula is C25H32N4O4. The molecule has 33 heavy (non-hydrogen) atoms. The molecule has 0 saturated carbocycles. The van der Waals surface area contributed by atoms with Gasteiger partial charge in [-0.1, -0.05) is 24.8 Å². The Hall–Kier alpha value is -2.73. The second-order valence-corrected chi connectivity index (χ2v) is 9.29. The van der Waals surface area contributed by atoms with Crippen LogP contribution in [0.5, 0.6) is 0 Å². The van der Waals surface area contributed by atoms with Crippen LogP contribution < -0.4 is 11.1 Å². The molecule has 0 bridgehead atoms. The molecule has 1 unspecified atom stereocenters. The van der Waals surface area contributed by atoms with Gasteiger partial charge < -0.3 is 20.3 Å². The second-order valence-electron chi connectivity index (χ2n) is 9.29. The Labute approximate surface area is 194 Å². The molecule has 3 aliphatic heterocycles. The normalized spacial score (nSPS) is 22.5. The van der Waals surface area contributed by atoms with Gasteiger partial charge in [-0.3, -0.25) is 19.7 Å². The first-order valence-electron chi connectivity index (χ1n) is 11.7. The highest BCUT2D eigenvalue weighted by Gasteiger charge is 2.39. The second kappa shape index (κ2) is 10.5. The van der Waals surface area contributed by atoms with Crippen molar-refractivity contribution in [3.05, 3.63) is 34.9 Å². The van der Waals surface area contributed by atoms with Gasteiger partial charge >= 0.3 is 0 Å². The van der Waals surface area contributed by atoms with Crippen LogP contribution in [0.4, 0.5) is 0 Å². The van der Waals surface area contributed by atoms with Gasteiger partial charge in [0.15, 0.2) is 0 Å². The van der Waals surface area contributed by atoms with Crippen molar-refractivity contribution in [2.75, 3.05) is 32.8 Å². The Bertz CT molecular complexity index is 974. The van der Waals surface area contributed by atoms with E-state index in [0.29, 0.717) is 25.1 Å². The van der Waals surface area contributed by atoms with E-state index in [1.807, 2.05) is 6.07 Å². The smallest absolute Gasteiger partial charge is 0.255 e. The van der Waals surface area contributed by atoms with E-state index < -0.39 is 11.9 Å². The minimum atomic E-state index is -0.628. The number of likely N-dealkylation sites (tertiary alicyclic amines) is 1. The van der Waals surface area contributed by atoms with E-state index >= 15 is 0 Å². The number of ether oxygens (including phenoxy) is 1. The molecular weight excluding hydrogens is 420 g/mol. The number of carbonyl (C=O) groups excluding carboxylic acids is 3. The Morgan fingerprint density at radius 2 is 2.00 bits per heavy atom. The van der Waals surface area contributed by atoms with Gasteiger partial charge in [-0.05, 0) is 56.0 Å². The third kappa shape index (κ3) is 5.61. The zero-order valence-electron chi connectivity index (χ0n) is 19.1. The number of hydrogen-bond donors (Lipinski definition) is 2. The summed E-state index contributed by atoms with van der Waals surface area (Å²) in [5, 5.41) is 2.32. The van der Waals surface area contributed by atoms with E-state index in [1.165, 1.54) is 17.7 Å². The molecule has 0 aliphatic carbocycles. The molecule has 8 heteroatoms. The van der Waals surface area contributed by atoms with Crippen molar-refractivity contribution in [2.24, 2.45) is 11.7 Å². The molecule has 3 aliphatic rings. The lowest BCUT2D eigenvalue weighted by Crippen LogP contribution is -2.52. The molecule has 2 fully saturated rings. The molecule has 0 aromatic heterocycles. The van der Waals surface area contributed by atoms with Crippen LogP contribution in [0.25, 0.3) is 0 Å². The molecule has 8 nitrogen and oxygen atoms in total. The van der Waals surface area contributed by atoms with Crippen LogP contribution in [0.3, 0.4) is 0 Å². The number of hydrogen-bond acceptors (Lipinski definition) is 6. The van der Waals surface area contributed by atoms with Crippen LogP contribution >= 0.6 is 0 Å². The van der Waals surface area contributed by atoms with Crippen molar-refractivity contribution in [1.29, 1.82) is 0 Å². The highest BCUT2D eigenvalue weighted by Crippen LogP contribution is 2.29. The summed E-state index contributed by atoms with van der Waals surface area (Å²) < 4.78 is 5.67. The number of nitrogens with zero attached hydrogens (tertiary/aromatic N) is 2. The maximum absolute atomic E-state index is 12.9. The molecule has 1 aromatic rings. The van der Waals surface area contributed by atoms with Gasteiger partial charge in [0.2, 0.25) is 11.8 Å². The van der Waals surface area contributed by atoms with Gasteiger partial charge in [0.25, 0.3) is 5.91 Å². The molecule has 3 heterocycles. The lowest BCUT2D eigenvalue weighted by Gasteiger charge is -2.31. The van der Waals surface area contributed by atoms with Gasteiger partial charge in [0.1, 0.15) is 12.6 Å². The van der Waals surface area contributed by atoms with Gasteiger partial charge in [0, 0.05) is 36.7 Å². The number of benzene rings is 1. The predicted molar refractivity (Wildman–Crippen MR) is 123 cm³/mol. The van der Waals surface area contributed by atoms with Crippen molar-refractivity contribution in [1.82, 2.24) is 15.1 Å². The maximum atomic E-state index is 12.9. The lowest BCUT2D eigenvalue weighted by molar-refractivity contribution is -0.136. The van der Waals surface area contributed by atoms with Crippen LogP contribution in [0, 0.1) is 17.8 Å². The maximum Gasteiger partial charge on any atom is 0.255 e. The van der Waals surface area contributed by atoms with Crippen LogP contribution in [-0.2, 0) is 20.9 Å². The number of rotatable bonds is 6. The number of amides is 3.